The van der Waals surface area contributed by atoms with Crippen LogP contribution in [0.2, 0.25) is 0 Å². The molecule has 0 aliphatic heterocycles. The van der Waals surface area contributed by atoms with Crippen molar-refractivity contribution in [2.75, 3.05) is 11.9 Å². The summed E-state index contributed by atoms with van der Waals surface area (Å²) < 4.78 is 27.0. The minimum absolute atomic E-state index is 0.298. The highest BCUT2D eigenvalue weighted by atomic mass is 79.9. The summed E-state index contributed by atoms with van der Waals surface area (Å²) in [6.45, 7) is 2.59. The molecule has 1 heterocycles. The zero-order valence-electron chi connectivity index (χ0n) is 11.0. The smallest absolute Gasteiger partial charge is 0.249 e. The van der Waals surface area contributed by atoms with E-state index < -0.39 is 10.0 Å². The summed E-state index contributed by atoms with van der Waals surface area (Å²) in [6.07, 6.45) is 1.43. The van der Waals surface area contributed by atoms with Crippen LogP contribution in [0, 0.1) is 6.92 Å². The monoisotopic (exact) mass is 374 g/mol. The molecule has 1 aromatic carbocycles. The fourth-order valence-electron chi connectivity index (χ4n) is 1.75. The first-order chi connectivity index (χ1) is 9.54. The molecule has 0 aliphatic rings. The lowest BCUT2D eigenvalue weighted by molar-refractivity contribution is 0.428. The number of halogens is 1. The van der Waals surface area contributed by atoms with Gasteiger partial charge in [0.1, 0.15) is 0 Å². The molecule has 0 unspecified atom stereocenters. The van der Waals surface area contributed by atoms with Crippen molar-refractivity contribution in [2.45, 2.75) is 17.7 Å². The lowest BCUT2D eigenvalue weighted by Crippen LogP contribution is -2.31. The third kappa shape index (κ3) is 3.66. The maximum Gasteiger partial charge on any atom is 0.254 e. The molecule has 0 saturated heterocycles. The van der Waals surface area contributed by atoms with Gasteiger partial charge < -0.3 is 0 Å². The van der Waals surface area contributed by atoms with Crippen LogP contribution in [0.3, 0.4) is 0 Å². The number of thiazole rings is 1. The summed E-state index contributed by atoms with van der Waals surface area (Å²) in [5.74, 6) is 0. The predicted octanol–water partition coefficient (Wildman–Crippen LogP) is 3.04. The fourth-order valence-corrected chi connectivity index (χ4v) is 5.11. The minimum Gasteiger partial charge on any atom is -0.249 e. The van der Waals surface area contributed by atoms with Gasteiger partial charge in [0.15, 0.2) is 4.21 Å². The van der Waals surface area contributed by atoms with Gasteiger partial charge in [-0.2, -0.15) is 4.31 Å². The molecule has 0 N–H and O–H groups in total. The molecule has 0 atom stereocenters. The molecular formula is C13H15BrN2O2S2. The topological polar surface area (TPSA) is 50.3 Å². The molecule has 0 saturated carbocycles. The quantitative estimate of drug-likeness (QED) is 0.730. The van der Waals surface area contributed by atoms with Crippen LogP contribution in [-0.4, -0.2) is 29.6 Å². The number of aromatic nitrogens is 1. The standard InChI is InChI=1S/C13H15BrN2O2S2/c1-11-15-9-13(19-11)20(17,18)16(8-7-14)10-12-5-3-2-4-6-12/h2-6,9H,7-8,10H2,1H3. The molecule has 0 radical (unpaired) electrons. The van der Waals surface area contributed by atoms with Crippen molar-refractivity contribution >= 4 is 37.3 Å². The van der Waals surface area contributed by atoms with Gasteiger partial charge in [0.05, 0.1) is 11.2 Å². The van der Waals surface area contributed by atoms with Gasteiger partial charge in [-0.15, -0.1) is 11.3 Å². The summed E-state index contributed by atoms with van der Waals surface area (Å²) in [5, 5.41) is 1.35. The summed E-state index contributed by atoms with van der Waals surface area (Å²) in [7, 11) is -3.48. The number of hydrogen-bond donors (Lipinski definition) is 0. The normalized spacial score (nSPS) is 11.9. The lowest BCUT2D eigenvalue weighted by atomic mass is 10.2. The molecule has 1 aromatic heterocycles. The van der Waals surface area contributed by atoms with Gasteiger partial charge in [0.2, 0.25) is 0 Å². The molecule has 7 heteroatoms. The Balaban J connectivity index is 2.28. The maximum atomic E-state index is 12.6. The predicted molar refractivity (Wildman–Crippen MR) is 84.7 cm³/mol. The fraction of sp³-hybridized carbons (Fsp3) is 0.308. The van der Waals surface area contributed by atoms with E-state index in [0.717, 1.165) is 10.6 Å². The van der Waals surface area contributed by atoms with E-state index in [2.05, 4.69) is 20.9 Å². The second-order valence-corrected chi connectivity index (χ2v) is 8.40. The third-order valence-electron chi connectivity index (χ3n) is 2.73. The first-order valence-corrected chi connectivity index (χ1v) is 9.44. The average molecular weight is 375 g/mol. The second-order valence-electron chi connectivity index (χ2n) is 4.21. The maximum absolute atomic E-state index is 12.6. The largest absolute Gasteiger partial charge is 0.254 e. The molecule has 2 aromatic rings. The molecule has 0 amide bonds. The first kappa shape index (κ1) is 15.6. The van der Waals surface area contributed by atoms with Crippen LogP contribution >= 0.6 is 27.3 Å². The van der Waals surface area contributed by atoms with Crippen LogP contribution < -0.4 is 0 Å². The van der Waals surface area contributed by atoms with Crippen LogP contribution in [0.1, 0.15) is 10.6 Å². The van der Waals surface area contributed by atoms with Gasteiger partial charge in [-0.05, 0) is 12.5 Å². The van der Waals surface area contributed by atoms with Crippen molar-refractivity contribution in [3.8, 4) is 0 Å². The zero-order chi connectivity index (χ0) is 14.6. The van der Waals surface area contributed by atoms with E-state index in [-0.39, 0.29) is 0 Å². The summed E-state index contributed by atoms with van der Waals surface area (Å²) >= 11 is 4.52. The van der Waals surface area contributed by atoms with Crippen molar-refractivity contribution in [3.63, 3.8) is 0 Å². The Hall–Kier alpha value is -0.760. The van der Waals surface area contributed by atoms with Crippen molar-refractivity contribution in [1.29, 1.82) is 0 Å². The van der Waals surface area contributed by atoms with Crippen molar-refractivity contribution in [3.05, 3.63) is 47.1 Å². The molecule has 2 rings (SSSR count). The molecule has 0 fully saturated rings. The van der Waals surface area contributed by atoms with E-state index in [1.165, 1.54) is 21.8 Å². The van der Waals surface area contributed by atoms with Gasteiger partial charge in [-0.25, -0.2) is 13.4 Å². The minimum atomic E-state index is -3.48. The van der Waals surface area contributed by atoms with E-state index in [1.807, 2.05) is 30.3 Å². The third-order valence-corrected chi connectivity index (χ3v) is 6.28. The van der Waals surface area contributed by atoms with Gasteiger partial charge in [-0.3, -0.25) is 0 Å². The molecule has 0 spiro atoms. The summed E-state index contributed by atoms with van der Waals surface area (Å²) in [6, 6.07) is 9.58. The van der Waals surface area contributed by atoms with E-state index in [1.54, 1.807) is 6.92 Å². The molecule has 0 aliphatic carbocycles. The Labute approximate surface area is 131 Å². The lowest BCUT2D eigenvalue weighted by Gasteiger charge is -2.20. The number of alkyl halides is 1. The van der Waals surface area contributed by atoms with Crippen molar-refractivity contribution < 1.29 is 8.42 Å². The van der Waals surface area contributed by atoms with Crippen LogP contribution in [0.4, 0.5) is 0 Å². The Kier molecular flexibility index (Phi) is 5.31. The van der Waals surface area contributed by atoms with Gasteiger partial charge >= 0.3 is 0 Å². The van der Waals surface area contributed by atoms with E-state index in [0.29, 0.717) is 22.6 Å². The Morgan fingerprint density at radius 3 is 2.55 bits per heavy atom. The van der Waals surface area contributed by atoms with Gasteiger partial charge in [0, 0.05) is 18.4 Å². The molecule has 0 bridgehead atoms. The van der Waals surface area contributed by atoms with Crippen LogP contribution in [0.15, 0.2) is 40.7 Å². The number of hydrogen-bond acceptors (Lipinski definition) is 4. The highest BCUT2D eigenvalue weighted by Gasteiger charge is 2.26. The van der Waals surface area contributed by atoms with Gasteiger partial charge in [0.25, 0.3) is 10.0 Å². The van der Waals surface area contributed by atoms with Crippen LogP contribution in [-0.2, 0) is 16.6 Å². The number of aryl methyl sites for hydroxylation is 1. The van der Waals surface area contributed by atoms with E-state index in [9.17, 15) is 8.42 Å². The first-order valence-electron chi connectivity index (χ1n) is 6.06. The zero-order valence-corrected chi connectivity index (χ0v) is 14.2. The Morgan fingerprint density at radius 2 is 2.00 bits per heavy atom. The number of sulfonamides is 1. The van der Waals surface area contributed by atoms with E-state index >= 15 is 0 Å². The number of benzene rings is 1. The number of rotatable bonds is 6. The van der Waals surface area contributed by atoms with Crippen molar-refractivity contribution in [1.82, 2.24) is 9.29 Å². The van der Waals surface area contributed by atoms with E-state index in [4.69, 9.17) is 0 Å². The van der Waals surface area contributed by atoms with Gasteiger partial charge in [-0.1, -0.05) is 46.3 Å². The SMILES string of the molecule is Cc1ncc(S(=O)(=O)N(CCBr)Cc2ccccc2)s1. The Bertz CT molecular complexity index is 656. The van der Waals surface area contributed by atoms with Crippen LogP contribution in [0.5, 0.6) is 0 Å². The van der Waals surface area contributed by atoms with Crippen LogP contribution in [0.25, 0.3) is 0 Å². The molecule has 20 heavy (non-hydrogen) atoms. The second kappa shape index (κ2) is 6.80. The summed E-state index contributed by atoms with van der Waals surface area (Å²) in [5.41, 5.74) is 0.971. The molecule has 108 valence electrons. The molecule has 4 nitrogen and oxygen atoms in total. The molecular weight excluding hydrogens is 360 g/mol. The summed E-state index contributed by atoms with van der Waals surface area (Å²) in [4.78, 5) is 4.03. The van der Waals surface area contributed by atoms with Crippen molar-refractivity contribution in [2.24, 2.45) is 0 Å². The Morgan fingerprint density at radius 1 is 1.30 bits per heavy atom. The highest BCUT2D eigenvalue weighted by molar-refractivity contribution is 9.09. The number of nitrogens with zero attached hydrogens (tertiary/aromatic N) is 2. The highest BCUT2D eigenvalue weighted by Crippen LogP contribution is 2.23. The average Bonchev–Trinajstić information content (AvgIpc) is 2.87.